The molecule has 120 valence electrons. The Morgan fingerprint density at radius 2 is 1.57 bits per heavy atom. The lowest BCUT2D eigenvalue weighted by Crippen LogP contribution is -2.03. The van der Waals surface area contributed by atoms with Crippen LogP contribution in [-0.2, 0) is 6.42 Å². The van der Waals surface area contributed by atoms with E-state index in [2.05, 4.69) is 12.1 Å². The summed E-state index contributed by atoms with van der Waals surface area (Å²) in [4.78, 5) is 0. The van der Waals surface area contributed by atoms with Crippen molar-refractivity contribution >= 4 is 0 Å². The number of unbranched alkanes of at least 4 members (excludes halogenated alkanes) is 6. The van der Waals surface area contributed by atoms with Crippen molar-refractivity contribution in [1.29, 1.82) is 0 Å². The van der Waals surface area contributed by atoms with E-state index < -0.39 is 0 Å². The molecule has 0 aliphatic carbocycles. The highest BCUT2D eigenvalue weighted by atomic mass is 16.5. The molecule has 1 unspecified atom stereocenters. The molecule has 1 aromatic carbocycles. The Morgan fingerprint density at radius 3 is 2.24 bits per heavy atom. The van der Waals surface area contributed by atoms with Crippen LogP contribution in [0.15, 0.2) is 24.3 Å². The van der Waals surface area contributed by atoms with Crippen molar-refractivity contribution < 1.29 is 9.84 Å². The molecule has 0 aromatic heterocycles. The Labute approximate surface area is 130 Å². The van der Waals surface area contributed by atoms with Gasteiger partial charge in [0.2, 0.25) is 0 Å². The summed E-state index contributed by atoms with van der Waals surface area (Å²) in [7, 11) is 1.74. The zero-order valence-electron chi connectivity index (χ0n) is 13.8. The molecule has 0 saturated carbocycles. The summed E-state index contributed by atoms with van der Waals surface area (Å²) in [6.07, 6.45) is 11.9. The van der Waals surface area contributed by atoms with Gasteiger partial charge in [0.25, 0.3) is 0 Å². The summed E-state index contributed by atoms with van der Waals surface area (Å²) in [5.41, 5.74) is 1.33. The van der Waals surface area contributed by atoms with Crippen molar-refractivity contribution in [2.24, 2.45) is 0 Å². The molecule has 1 atom stereocenters. The molecule has 0 spiro atoms. The van der Waals surface area contributed by atoms with Crippen LogP contribution < -0.4 is 4.74 Å². The lowest BCUT2D eigenvalue weighted by atomic mass is 10.0. The largest absolute Gasteiger partial charge is 0.496 e. The Hall–Kier alpha value is -1.02. The molecule has 0 aliphatic heterocycles. The Bertz CT molecular complexity index is 362. The molecule has 0 amide bonds. The van der Waals surface area contributed by atoms with Crippen LogP contribution in [0.5, 0.6) is 5.75 Å². The molecule has 0 bridgehead atoms. The van der Waals surface area contributed by atoms with Gasteiger partial charge < -0.3 is 9.84 Å². The number of benzene rings is 1. The maximum absolute atomic E-state index is 9.47. The van der Waals surface area contributed by atoms with Crippen molar-refractivity contribution in [3.05, 3.63) is 29.8 Å². The summed E-state index contributed by atoms with van der Waals surface area (Å²) >= 11 is 0. The molecule has 0 radical (unpaired) electrons. The number of aryl methyl sites for hydroxylation is 1. The first kappa shape index (κ1) is 18.0. The maximum Gasteiger partial charge on any atom is 0.122 e. The predicted molar refractivity (Wildman–Crippen MR) is 89.9 cm³/mol. The van der Waals surface area contributed by atoms with E-state index in [9.17, 15) is 5.11 Å². The highest BCUT2D eigenvalue weighted by molar-refractivity contribution is 5.33. The smallest absolute Gasteiger partial charge is 0.122 e. The van der Waals surface area contributed by atoms with Gasteiger partial charge in [0.1, 0.15) is 5.75 Å². The van der Waals surface area contributed by atoms with Crippen molar-refractivity contribution in [1.82, 2.24) is 0 Å². The van der Waals surface area contributed by atoms with Gasteiger partial charge in [-0.2, -0.15) is 0 Å². The second-order valence-corrected chi connectivity index (χ2v) is 5.89. The molecule has 1 N–H and O–H groups in total. The number of aliphatic hydroxyl groups excluding tert-OH is 1. The first-order chi connectivity index (χ1) is 10.3. The van der Waals surface area contributed by atoms with Crippen LogP contribution >= 0.6 is 0 Å². The first-order valence-electron chi connectivity index (χ1n) is 8.58. The number of aliphatic hydroxyl groups is 1. The van der Waals surface area contributed by atoms with Gasteiger partial charge in [-0.25, -0.2) is 0 Å². The third-order valence-electron chi connectivity index (χ3n) is 4.15. The fourth-order valence-electron chi connectivity index (χ4n) is 2.69. The second kappa shape index (κ2) is 11.6. The van der Waals surface area contributed by atoms with Gasteiger partial charge in [0.05, 0.1) is 13.2 Å². The van der Waals surface area contributed by atoms with E-state index in [-0.39, 0.29) is 6.10 Å². The number of hydrogen-bond acceptors (Lipinski definition) is 2. The monoisotopic (exact) mass is 292 g/mol. The zero-order valence-corrected chi connectivity index (χ0v) is 13.8. The molecule has 2 heteroatoms. The quantitative estimate of drug-likeness (QED) is 0.541. The molecular formula is C19H32O2. The number of ether oxygens (including phenoxy) is 1. The molecule has 0 heterocycles. The second-order valence-electron chi connectivity index (χ2n) is 5.89. The van der Waals surface area contributed by atoms with Crippen LogP contribution in [0.3, 0.4) is 0 Å². The minimum Gasteiger partial charge on any atom is -0.496 e. The molecule has 1 rings (SSSR count). The average Bonchev–Trinajstić information content (AvgIpc) is 2.53. The van der Waals surface area contributed by atoms with Crippen LogP contribution in [0.2, 0.25) is 0 Å². The molecule has 0 fully saturated rings. The van der Waals surface area contributed by atoms with E-state index in [1.54, 1.807) is 7.11 Å². The fraction of sp³-hybridized carbons (Fsp3) is 0.684. The highest BCUT2D eigenvalue weighted by Gasteiger charge is 2.02. The number of hydrogen-bond donors (Lipinski definition) is 1. The van der Waals surface area contributed by atoms with E-state index >= 15 is 0 Å². The fourth-order valence-corrected chi connectivity index (χ4v) is 2.69. The van der Waals surface area contributed by atoms with Crippen LogP contribution in [-0.4, -0.2) is 18.3 Å². The summed E-state index contributed by atoms with van der Waals surface area (Å²) in [5, 5.41) is 9.47. The minimum atomic E-state index is -0.0779. The average molecular weight is 292 g/mol. The normalized spacial score (nSPS) is 12.3. The van der Waals surface area contributed by atoms with E-state index in [0.717, 1.165) is 25.0 Å². The van der Waals surface area contributed by atoms with E-state index in [1.807, 2.05) is 19.1 Å². The highest BCUT2D eigenvalue weighted by Crippen LogP contribution is 2.20. The summed E-state index contributed by atoms with van der Waals surface area (Å²) in [5.74, 6) is 1.02. The van der Waals surface area contributed by atoms with Gasteiger partial charge >= 0.3 is 0 Å². The first-order valence-corrected chi connectivity index (χ1v) is 8.58. The third-order valence-corrected chi connectivity index (χ3v) is 4.15. The Balaban J connectivity index is 1.97. The molecular weight excluding hydrogens is 260 g/mol. The Kier molecular flexibility index (Phi) is 9.98. The molecule has 21 heavy (non-hydrogen) atoms. The molecule has 1 aromatic rings. The lowest BCUT2D eigenvalue weighted by molar-refractivity contribution is 0.156. The molecule has 0 saturated heterocycles. The predicted octanol–water partition coefficient (Wildman–Crippen LogP) is 5.13. The zero-order chi connectivity index (χ0) is 15.3. The Morgan fingerprint density at radius 1 is 0.952 bits per heavy atom. The molecule has 2 nitrogen and oxygen atoms in total. The topological polar surface area (TPSA) is 29.5 Å². The van der Waals surface area contributed by atoms with Gasteiger partial charge in [-0.3, -0.25) is 0 Å². The van der Waals surface area contributed by atoms with Gasteiger partial charge in [-0.05, 0) is 37.3 Å². The maximum atomic E-state index is 9.47. The van der Waals surface area contributed by atoms with E-state index in [1.165, 1.54) is 50.5 Å². The van der Waals surface area contributed by atoms with E-state index in [4.69, 9.17) is 4.74 Å². The van der Waals surface area contributed by atoms with Crippen molar-refractivity contribution in [2.75, 3.05) is 7.11 Å². The van der Waals surface area contributed by atoms with Gasteiger partial charge in [0, 0.05) is 0 Å². The minimum absolute atomic E-state index is 0.0779. The van der Waals surface area contributed by atoms with Crippen LogP contribution in [0, 0.1) is 0 Å². The summed E-state index contributed by atoms with van der Waals surface area (Å²) in [6, 6.07) is 8.32. The van der Waals surface area contributed by atoms with Crippen LogP contribution in [0.4, 0.5) is 0 Å². The number of para-hydroxylation sites is 1. The van der Waals surface area contributed by atoms with E-state index in [0.29, 0.717) is 0 Å². The lowest BCUT2D eigenvalue weighted by Gasteiger charge is -2.08. The van der Waals surface area contributed by atoms with Gasteiger partial charge in [-0.15, -0.1) is 0 Å². The van der Waals surface area contributed by atoms with Crippen molar-refractivity contribution in [2.45, 2.75) is 77.2 Å². The number of methoxy groups -OCH3 is 1. The standard InChI is InChI=1S/C19H32O2/c1-3-18(20)15-10-8-6-4-5-7-9-13-17-14-11-12-16-19(17)21-2/h11-12,14,16,18,20H,3-10,13,15H2,1-2H3. The summed E-state index contributed by atoms with van der Waals surface area (Å²) in [6.45, 7) is 2.05. The molecule has 0 aliphatic rings. The van der Waals surface area contributed by atoms with Gasteiger partial charge in [-0.1, -0.05) is 63.6 Å². The SMILES string of the molecule is CCC(O)CCCCCCCCCc1ccccc1OC. The van der Waals surface area contributed by atoms with Crippen molar-refractivity contribution in [3.63, 3.8) is 0 Å². The van der Waals surface area contributed by atoms with Crippen molar-refractivity contribution in [3.8, 4) is 5.75 Å². The summed E-state index contributed by atoms with van der Waals surface area (Å²) < 4.78 is 5.38. The third kappa shape index (κ3) is 8.11. The van der Waals surface area contributed by atoms with Crippen LogP contribution in [0.1, 0.15) is 70.3 Å². The van der Waals surface area contributed by atoms with Crippen LogP contribution in [0.25, 0.3) is 0 Å². The van der Waals surface area contributed by atoms with Gasteiger partial charge in [0.15, 0.2) is 0 Å². The number of rotatable bonds is 12.